The molecule has 0 unspecified atom stereocenters. The standard InChI is InChI=1S/C12H10ClF3N2O/c1-2-18-9-5-7(13)3-4-8(9)17-11(18)6-10(19)12(14,15)16/h3-5H,2,6H2,1H3. The van der Waals surface area contributed by atoms with Gasteiger partial charge in [0.2, 0.25) is 5.78 Å². The van der Waals surface area contributed by atoms with E-state index in [9.17, 15) is 18.0 Å². The summed E-state index contributed by atoms with van der Waals surface area (Å²) in [5.41, 5.74) is 1.15. The van der Waals surface area contributed by atoms with Crippen LogP contribution in [0.25, 0.3) is 11.0 Å². The molecule has 1 aromatic carbocycles. The number of alkyl halides is 3. The van der Waals surface area contributed by atoms with Crippen LogP contribution in [0.5, 0.6) is 0 Å². The van der Waals surface area contributed by atoms with Gasteiger partial charge in [-0.3, -0.25) is 4.79 Å². The first-order valence-corrected chi connectivity index (χ1v) is 5.95. The van der Waals surface area contributed by atoms with Gasteiger partial charge in [-0.25, -0.2) is 4.98 Å². The van der Waals surface area contributed by atoms with E-state index in [0.717, 1.165) is 0 Å². The van der Waals surface area contributed by atoms with Crippen LogP contribution in [0, 0.1) is 0 Å². The van der Waals surface area contributed by atoms with Crippen LogP contribution in [0.1, 0.15) is 12.7 Å². The number of fused-ring (bicyclic) bond motifs is 1. The van der Waals surface area contributed by atoms with Crippen molar-refractivity contribution in [2.75, 3.05) is 0 Å². The smallest absolute Gasteiger partial charge is 0.328 e. The number of hydrogen-bond acceptors (Lipinski definition) is 2. The Labute approximate surface area is 112 Å². The Morgan fingerprint density at radius 3 is 2.68 bits per heavy atom. The van der Waals surface area contributed by atoms with Crippen molar-refractivity contribution in [3.63, 3.8) is 0 Å². The minimum absolute atomic E-state index is 0.0992. The molecule has 0 saturated carbocycles. The molecule has 0 aliphatic heterocycles. The second kappa shape index (κ2) is 4.85. The highest BCUT2D eigenvalue weighted by Gasteiger charge is 2.38. The van der Waals surface area contributed by atoms with Gasteiger partial charge in [0, 0.05) is 11.6 Å². The molecule has 0 N–H and O–H groups in total. The van der Waals surface area contributed by atoms with Crippen LogP contribution in [0.15, 0.2) is 18.2 Å². The fraction of sp³-hybridized carbons (Fsp3) is 0.333. The maximum atomic E-state index is 12.3. The Morgan fingerprint density at radius 1 is 1.42 bits per heavy atom. The number of hydrogen-bond donors (Lipinski definition) is 0. The third-order valence-electron chi connectivity index (χ3n) is 2.74. The number of Topliss-reactive ketones (excluding diaryl/α,β-unsaturated/α-hetero) is 1. The van der Waals surface area contributed by atoms with Gasteiger partial charge in [0.05, 0.1) is 17.5 Å². The van der Waals surface area contributed by atoms with Gasteiger partial charge in [0.1, 0.15) is 5.82 Å². The lowest BCUT2D eigenvalue weighted by atomic mass is 10.2. The van der Waals surface area contributed by atoms with Crippen LogP contribution in [-0.2, 0) is 17.8 Å². The number of ketones is 1. The van der Waals surface area contributed by atoms with Crippen molar-refractivity contribution in [2.24, 2.45) is 0 Å². The van der Waals surface area contributed by atoms with E-state index in [0.29, 0.717) is 22.6 Å². The summed E-state index contributed by atoms with van der Waals surface area (Å²) in [6.07, 6.45) is -5.60. The van der Waals surface area contributed by atoms with E-state index >= 15 is 0 Å². The van der Waals surface area contributed by atoms with Gasteiger partial charge in [0.25, 0.3) is 0 Å². The number of imidazole rings is 1. The fourth-order valence-electron chi connectivity index (χ4n) is 1.88. The predicted molar refractivity (Wildman–Crippen MR) is 65.2 cm³/mol. The van der Waals surface area contributed by atoms with Gasteiger partial charge in [-0.15, -0.1) is 0 Å². The molecule has 0 atom stereocenters. The second-order valence-corrected chi connectivity index (χ2v) is 4.44. The molecule has 0 radical (unpaired) electrons. The van der Waals surface area contributed by atoms with Gasteiger partial charge in [-0.1, -0.05) is 11.6 Å². The summed E-state index contributed by atoms with van der Waals surface area (Å²) in [6, 6.07) is 4.84. The Kier molecular flexibility index (Phi) is 3.54. The maximum Gasteiger partial charge on any atom is 0.450 e. The van der Waals surface area contributed by atoms with Crippen LogP contribution in [0.3, 0.4) is 0 Å². The normalized spacial score (nSPS) is 12.1. The van der Waals surface area contributed by atoms with Crippen molar-refractivity contribution in [3.05, 3.63) is 29.0 Å². The molecule has 3 nitrogen and oxygen atoms in total. The third-order valence-corrected chi connectivity index (χ3v) is 2.98. The number of carbonyl (C=O) groups excluding carboxylic acids is 1. The van der Waals surface area contributed by atoms with Gasteiger partial charge >= 0.3 is 6.18 Å². The third kappa shape index (κ3) is 2.73. The van der Waals surface area contributed by atoms with Crippen molar-refractivity contribution < 1.29 is 18.0 Å². The van der Waals surface area contributed by atoms with Gasteiger partial charge in [-0.05, 0) is 25.1 Å². The van der Waals surface area contributed by atoms with Crippen molar-refractivity contribution in [2.45, 2.75) is 26.1 Å². The van der Waals surface area contributed by atoms with Gasteiger partial charge in [0.15, 0.2) is 0 Å². The molecule has 19 heavy (non-hydrogen) atoms. The van der Waals surface area contributed by atoms with Crippen molar-refractivity contribution >= 4 is 28.4 Å². The Morgan fingerprint density at radius 2 is 2.11 bits per heavy atom. The van der Waals surface area contributed by atoms with E-state index in [-0.39, 0.29) is 5.82 Å². The van der Waals surface area contributed by atoms with Crippen molar-refractivity contribution in [1.29, 1.82) is 0 Å². The van der Waals surface area contributed by atoms with E-state index in [2.05, 4.69) is 4.98 Å². The number of carbonyl (C=O) groups is 1. The molecule has 7 heteroatoms. The van der Waals surface area contributed by atoms with E-state index in [1.165, 1.54) is 0 Å². The Bertz CT molecular complexity index is 634. The molecule has 0 aliphatic rings. The summed E-state index contributed by atoms with van der Waals surface area (Å²) in [6.45, 7) is 2.18. The zero-order chi connectivity index (χ0) is 14.2. The molecule has 0 aliphatic carbocycles. The summed E-state index contributed by atoms with van der Waals surface area (Å²) in [5.74, 6) is -1.70. The zero-order valence-electron chi connectivity index (χ0n) is 9.96. The summed E-state index contributed by atoms with van der Waals surface area (Å²) in [5, 5.41) is 0.468. The molecule has 2 rings (SSSR count). The highest BCUT2D eigenvalue weighted by atomic mass is 35.5. The summed E-state index contributed by atoms with van der Waals surface area (Å²) in [7, 11) is 0. The second-order valence-electron chi connectivity index (χ2n) is 4.00. The van der Waals surface area contributed by atoms with Gasteiger partial charge in [-0.2, -0.15) is 13.2 Å². The Balaban J connectivity index is 2.46. The lowest BCUT2D eigenvalue weighted by molar-refractivity contribution is -0.170. The predicted octanol–water partition coefficient (Wildman–Crippen LogP) is 3.38. The van der Waals surface area contributed by atoms with Gasteiger partial charge < -0.3 is 4.57 Å². The number of halogens is 4. The molecule has 2 aromatic rings. The molecular formula is C12H10ClF3N2O. The minimum atomic E-state index is -4.84. The highest BCUT2D eigenvalue weighted by Crippen LogP contribution is 2.23. The average Bonchev–Trinajstić information content (AvgIpc) is 2.64. The Hall–Kier alpha value is -1.56. The number of benzene rings is 1. The van der Waals surface area contributed by atoms with Crippen LogP contribution >= 0.6 is 11.6 Å². The molecule has 0 fully saturated rings. The maximum absolute atomic E-state index is 12.3. The first kappa shape index (κ1) is 13.9. The lowest BCUT2D eigenvalue weighted by Crippen LogP contribution is -2.26. The molecule has 0 bridgehead atoms. The van der Waals surface area contributed by atoms with E-state index in [1.807, 2.05) is 0 Å². The van der Waals surface area contributed by atoms with Crippen molar-refractivity contribution in [1.82, 2.24) is 9.55 Å². The van der Waals surface area contributed by atoms with Crippen LogP contribution in [0.2, 0.25) is 5.02 Å². The molecule has 1 aromatic heterocycles. The van der Waals surface area contributed by atoms with Crippen LogP contribution < -0.4 is 0 Å². The topological polar surface area (TPSA) is 34.9 Å². The summed E-state index contributed by atoms with van der Waals surface area (Å²) < 4.78 is 38.4. The molecule has 1 heterocycles. The molecule has 0 saturated heterocycles. The van der Waals surface area contributed by atoms with E-state index in [4.69, 9.17) is 11.6 Å². The number of rotatable bonds is 3. The number of aromatic nitrogens is 2. The molecule has 0 amide bonds. The molecule has 0 spiro atoms. The average molecular weight is 291 g/mol. The minimum Gasteiger partial charge on any atom is -0.328 e. The SMILES string of the molecule is CCn1c(CC(=O)C(F)(F)F)nc2ccc(Cl)cc21. The number of aryl methyl sites for hydroxylation is 1. The first-order chi connectivity index (χ1) is 8.82. The summed E-state index contributed by atoms with van der Waals surface area (Å²) in [4.78, 5) is 15.1. The molecule has 102 valence electrons. The van der Waals surface area contributed by atoms with Crippen LogP contribution in [-0.4, -0.2) is 21.5 Å². The van der Waals surface area contributed by atoms with E-state index in [1.54, 1.807) is 29.7 Å². The lowest BCUT2D eigenvalue weighted by Gasteiger charge is -2.07. The van der Waals surface area contributed by atoms with E-state index < -0.39 is 18.4 Å². The summed E-state index contributed by atoms with van der Waals surface area (Å²) >= 11 is 5.85. The monoisotopic (exact) mass is 290 g/mol. The quantitative estimate of drug-likeness (QED) is 0.868. The zero-order valence-corrected chi connectivity index (χ0v) is 10.7. The largest absolute Gasteiger partial charge is 0.450 e. The van der Waals surface area contributed by atoms with Crippen molar-refractivity contribution in [3.8, 4) is 0 Å². The highest BCUT2D eigenvalue weighted by molar-refractivity contribution is 6.31. The van der Waals surface area contributed by atoms with Crippen LogP contribution in [0.4, 0.5) is 13.2 Å². The first-order valence-electron chi connectivity index (χ1n) is 5.57. The molecular weight excluding hydrogens is 281 g/mol. The fourth-order valence-corrected chi connectivity index (χ4v) is 2.04. The number of nitrogens with zero attached hydrogens (tertiary/aromatic N) is 2.